The number of piperidine rings is 1. The molecule has 2 aliphatic rings. The number of hydrogen-bond donors (Lipinski definition) is 1. The second kappa shape index (κ2) is 7.05. The Hall–Kier alpha value is -0.120. The van der Waals surface area contributed by atoms with Crippen LogP contribution in [0.2, 0.25) is 0 Å². The molecule has 2 fully saturated rings. The van der Waals surface area contributed by atoms with E-state index in [1.807, 2.05) is 7.11 Å². The van der Waals surface area contributed by atoms with Crippen LogP contribution in [0.3, 0.4) is 0 Å². The second-order valence-corrected chi connectivity index (χ2v) is 6.76. The Morgan fingerprint density at radius 2 is 2.05 bits per heavy atom. The minimum atomic E-state index is 0.436. The summed E-state index contributed by atoms with van der Waals surface area (Å²) in [4.78, 5) is 2.66. The van der Waals surface area contributed by atoms with Crippen LogP contribution < -0.4 is 5.32 Å². The fourth-order valence-corrected chi connectivity index (χ4v) is 3.93. The van der Waals surface area contributed by atoms with Gasteiger partial charge in [-0.05, 0) is 43.7 Å². The van der Waals surface area contributed by atoms with Gasteiger partial charge in [0, 0.05) is 26.7 Å². The third-order valence-electron chi connectivity index (χ3n) is 5.25. The number of nitrogens with zero attached hydrogens (tertiary/aromatic N) is 1. The molecule has 3 nitrogen and oxygen atoms in total. The zero-order valence-corrected chi connectivity index (χ0v) is 13.1. The molecule has 1 aliphatic heterocycles. The molecule has 0 aromatic heterocycles. The molecule has 0 amide bonds. The topological polar surface area (TPSA) is 24.5 Å². The molecule has 112 valence electrons. The highest BCUT2D eigenvalue weighted by atomic mass is 16.5. The van der Waals surface area contributed by atoms with Crippen molar-refractivity contribution >= 4 is 0 Å². The first-order chi connectivity index (χ1) is 9.19. The quantitative estimate of drug-likeness (QED) is 0.801. The van der Waals surface area contributed by atoms with Crippen molar-refractivity contribution in [1.82, 2.24) is 10.2 Å². The van der Waals surface area contributed by atoms with E-state index in [2.05, 4.69) is 24.1 Å². The first-order valence-corrected chi connectivity index (χ1v) is 8.15. The maximum atomic E-state index is 5.65. The fourth-order valence-electron chi connectivity index (χ4n) is 3.93. The van der Waals surface area contributed by atoms with E-state index < -0.39 is 0 Å². The summed E-state index contributed by atoms with van der Waals surface area (Å²) in [6, 6.07) is 0. The molecule has 1 saturated carbocycles. The Balaban J connectivity index is 1.90. The molecular formula is C16H32N2O. The summed E-state index contributed by atoms with van der Waals surface area (Å²) >= 11 is 0. The molecule has 0 aromatic rings. The first-order valence-electron chi connectivity index (χ1n) is 8.15. The Morgan fingerprint density at radius 3 is 2.68 bits per heavy atom. The molecule has 0 aromatic carbocycles. The van der Waals surface area contributed by atoms with Gasteiger partial charge in [0.15, 0.2) is 0 Å². The zero-order valence-electron chi connectivity index (χ0n) is 13.1. The van der Waals surface area contributed by atoms with Crippen LogP contribution >= 0.6 is 0 Å². The minimum Gasteiger partial charge on any atom is -0.380 e. The highest BCUT2D eigenvalue weighted by molar-refractivity contribution is 4.91. The van der Waals surface area contributed by atoms with Gasteiger partial charge < -0.3 is 15.0 Å². The molecule has 19 heavy (non-hydrogen) atoms. The number of hydrogen-bond acceptors (Lipinski definition) is 3. The van der Waals surface area contributed by atoms with Crippen LogP contribution in [0.5, 0.6) is 0 Å². The van der Waals surface area contributed by atoms with E-state index in [0.717, 1.165) is 19.0 Å². The van der Waals surface area contributed by atoms with Crippen molar-refractivity contribution in [3.63, 3.8) is 0 Å². The molecule has 0 spiro atoms. The van der Waals surface area contributed by atoms with E-state index in [1.165, 1.54) is 51.7 Å². The average molecular weight is 268 g/mol. The van der Waals surface area contributed by atoms with Crippen LogP contribution in [-0.2, 0) is 4.74 Å². The summed E-state index contributed by atoms with van der Waals surface area (Å²) in [7, 11) is 1.87. The van der Waals surface area contributed by atoms with Gasteiger partial charge in [0.05, 0.1) is 6.10 Å². The molecule has 1 heterocycles. The van der Waals surface area contributed by atoms with E-state index in [0.29, 0.717) is 11.5 Å². The van der Waals surface area contributed by atoms with Crippen LogP contribution in [0.25, 0.3) is 0 Å². The molecule has 1 aliphatic carbocycles. The second-order valence-electron chi connectivity index (χ2n) is 6.76. The summed E-state index contributed by atoms with van der Waals surface area (Å²) in [5.74, 6) is 0.717. The van der Waals surface area contributed by atoms with Crippen molar-refractivity contribution in [3.05, 3.63) is 0 Å². The summed E-state index contributed by atoms with van der Waals surface area (Å²) in [6.07, 6.45) is 7.38. The summed E-state index contributed by atoms with van der Waals surface area (Å²) in [5.41, 5.74) is 0.537. The van der Waals surface area contributed by atoms with Gasteiger partial charge in [-0.25, -0.2) is 0 Å². The molecule has 2 rings (SSSR count). The van der Waals surface area contributed by atoms with Gasteiger partial charge in [0.25, 0.3) is 0 Å². The minimum absolute atomic E-state index is 0.436. The van der Waals surface area contributed by atoms with E-state index in [4.69, 9.17) is 4.74 Å². The number of likely N-dealkylation sites (tertiary alicyclic amines) is 1. The smallest absolute Gasteiger partial charge is 0.0724 e. The highest BCUT2D eigenvalue weighted by Crippen LogP contribution is 2.39. The fraction of sp³-hybridized carbons (Fsp3) is 1.00. The monoisotopic (exact) mass is 268 g/mol. The SMILES string of the molecule is CCNCC1(CN2CCC(C)C(OC)C2)CCCC1. The molecule has 1 saturated heterocycles. The normalized spacial score (nSPS) is 31.7. The molecular weight excluding hydrogens is 236 g/mol. The largest absolute Gasteiger partial charge is 0.380 e. The summed E-state index contributed by atoms with van der Waals surface area (Å²) < 4.78 is 5.65. The van der Waals surface area contributed by atoms with Gasteiger partial charge in [0.2, 0.25) is 0 Å². The zero-order chi connectivity index (χ0) is 13.7. The van der Waals surface area contributed by atoms with Crippen molar-refractivity contribution in [2.45, 2.75) is 52.1 Å². The van der Waals surface area contributed by atoms with Crippen LogP contribution in [0, 0.1) is 11.3 Å². The lowest BCUT2D eigenvalue weighted by molar-refractivity contribution is -0.0176. The summed E-state index contributed by atoms with van der Waals surface area (Å²) in [6.45, 7) is 10.5. The molecule has 0 bridgehead atoms. The van der Waals surface area contributed by atoms with Crippen LogP contribution in [0.1, 0.15) is 46.0 Å². The Morgan fingerprint density at radius 1 is 1.32 bits per heavy atom. The molecule has 0 radical (unpaired) electrons. The van der Waals surface area contributed by atoms with E-state index >= 15 is 0 Å². The Bertz CT molecular complexity index is 263. The maximum absolute atomic E-state index is 5.65. The number of methoxy groups -OCH3 is 1. The predicted molar refractivity (Wildman–Crippen MR) is 80.5 cm³/mol. The average Bonchev–Trinajstić information content (AvgIpc) is 2.87. The van der Waals surface area contributed by atoms with Gasteiger partial charge in [0.1, 0.15) is 0 Å². The van der Waals surface area contributed by atoms with E-state index in [-0.39, 0.29) is 0 Å². The lowest BCUT2D eigenvalue weighted by atomic mass is 9.84. The van der Waals surface area contributed by atoms with E-state index in [9.17, 15) is 0 Å². The number of ether oxygens (including phenoxy) is 1. The van der Waals surface area contributed by atoms with Gasteiger partial charge in [-0.3, -0.25) is 0 Å². The van der Waals surface area contributed by atoms with Gasteiger partial charge in [-0.1, -0.05) is 26.7 Å². The Labute approximate surface area is 119 Å². The van der Waals surface area contributed by atoms with Gasteiger partial charge >= 0.3 is 0 Å². The maximum Gasteiger partial charge on any atom is 0.0724 e. The van der Waals surface area contributed by atoms with Gasteiger partial charge in [-0.2, -0.15) is 0 Å². The molecule has 2 unspecified atom stereocenters. The van der Waals surface area contributed by atoms with Crippen molar-refractivity contribution in [1.29, 1.82) is 0 Å². The molecule has 2 atom stereocenters. The third-order valence-corrected chi connectivity index (χ3v) is 5.25. The van der Waals surface area contributed by atoms with Gasteiger partial charge in [-0.15, -0.1) is 0 Å². The van der Waals surface area contributed by atoms with Crippen molar-refractivity contribution in [3.8, 4) is 0 Å². The van der Waals surface area contributed by atoms with Crippen molar-refractivity contribution in [2.75, 3.05) is 39.8 Å². The van der Waals surface area contributed by atoms with E-state index in [1.54, 1.807) is 0 Å². The molecule has 3 heteroatoms. The lowest BCUT2D eigenvalue weighted by Crippen LogP contribution is -2.49. The third kappa shape index (κ3) is 3.93. The lowest BCUT2D eigenvalue weighted by Gasteiger charge is -2.41. The van der Waals surface area contributed by atoms with Crippen LogP contribution in [0.15, 0.2) is 0 Å². The van der Waals surface area contributed by atoms with Crippen molar-refractivity contribution in [2.24, 2.45) is 11.3 Å². The summed E-state index contributed by atoms with van der Waals surface area (Å²) in [5, 5.41) is 3.60. The van der Waals surface area contributed by atoms with Crippen LogP contribution in [0.4, 0.5) is 0 Å². The Kier molecular flexibility index (Phi) is 5.67. The highest BCUT2D eigenvalue weighted by Gasteiger charge is 2.37. The number of rotatable bonds is 6. The van der Waals surface area contributed by atoms with Crippen molar-refractivity contribution < 1.29 is 4.74 Å². The predicted octanol–water partition coefficient (Wildman–Crippen LogP) is 2.51. The number of nitrogens with one attached hydrogen (secondary N) is 1. The molecule has 1 N–H and O–H groups in total. The first kappa shape index (κ1) is 15.3. The standard InChI is InChI=1S/C16H32N2O/c1-4-17-12-16(8-5-6-9-16)13-18-10-7-14(2)15(11-18)19-3/h14-15,17H,4-13H2,1-3H3. The van der Waals surface area contributed by atoms with Crippen LogP contribution in [-0.4, -0.2) is 50.8 Å².